The van der Waals surface area contributed by atoms with E-state index in [1.165, 1.54) is 22.8 Å². The zero-order chi connectivity index (χ0) is 24.8. The quantitative estimate of drug-likeness (QED) is 0.713. The number of halogens is 1. The molecule has 2 aliphatic rings. The molecular weight excluding hydrogens is 425 g/mol. The average Bonchev–Trinajstić information content (AvgIpc) is 2.74. The van der Waals surface area contributed by atoms with Gasteiger partial charge in [-0.2, -0.15) is 4.98 Å². The van der Waals surface area contributed by atoms with Gasteiger partial charge in [0.25, 0.3) is 5.56 Å². The van der Waals surface area contributed by atoms with Crippen molar-refractivity contribution in [3.63, 3.8) is 0 Å². The van der Waals surface area contributed by atoms with E-state index in [0.29, 0.717) is 25.9 Å². The normalized spacial score (nSPS) is 28.1. The molecule has 1 aliphatic heterocycles. The number of alkyl halides is 1. The third-order valence-corrected chi connectivity index (χ3v) is 7.37. The summed E-state index contributed by atoms with van der Waals surface area (Å²) >= 11 is 0. The molecule has 2 N–H and O–H groups in total. The lowest BCUT2D eigenvalue weighted by Gasteiger charge is -2.32. The number of nitrogens with one attached hydrogen (secondary N) is 1. The van der Waals surface area contributed by atoms with E-state index >= 15 is 0 Å². The van der Waals surface area contributed by atoms with E-state index in [-0.39, 0.29) is 42.3 Å². The number of aliphatic hydroxyl groups excluding tert-OH is 1. The molecule has 1 saturated carbocycles. The number of anilines is 1. The van der Waals surface area contributed by atoms with Crippen molar-refractivity contribution in [2.45, 2.75) is 63.3 Å². The van der Waals surface area contributed by atoms with Crippen LogP contribution < -0.4 is 10.9 Å². The van der Waals surface area contributed by atoms with Crippen LogP contribution in [0.3, 0.4) is 0 Å². The Kier molecular flexibility index (Phi) is 5.02. The number of nitrogens with zero attached hydrogens (tertiary/aromatic N) is 4. The SMILES string of the molecule is [2H]C([2H])([2H])c1cc2cnc(NC3CCN(S(C)(=O)=O)CC3)nc2n([C@H]2C[C@H](O)CC[C@@H]2F)c1=O. The zero-order valence-electron chi connectivity index (χ0n) is 20.2. The molecule has 3 atom stereocenters. The zero-order valence-corrected chi connectivity index (χ0v) is 18.0. The van der Waals surface area contributed by atoms with Gasteiger partial charge in [0.2, 0.25) is 16.0 Å². The number of aromatic nitrogens is 3. The van der Waals surface area contributed by atoms with Crippen molar-refractivity contribution >= 4 is 27.0 Å². The van der Waals surface area contributed by atoms with Crippen molar-refractivity contribution in [1.29, 1.82) is 0 Å². The predicted molar refractivity (Wildman–Crippen MR) is 115 cm³/mol. The van der Waals surface area contributed by atoms with Crippen molar-refractivity contribution in [1.82, 2.24) is 18.8 Å². The summed E-state index contributed by atoms with van der Waals surface area (Å²) in [5.74, 6) is 0.173. The van der Waals surface area contributed by atoms with Gasteiger partial charge in [-0.25, -0.2) is 22.1 Å². The van der Waals surface area contributed by atoms with E-state index in [1.807, 2.05) is 0 Å². The molecule has 3 heterocycles. The lowest BCUT2D eigenvalue weighted by atomic mass is 9.90. The molecule has 170 valence electrons. The molecular formula is C20H28FN5O4S. The average molecular weight is 457 g/mol. The number of fused-ring (bicyclic) bond motifs is 1. The number of aliphatic hydroxyl groups is 1. The van der Waals surface area contributed by atoms with Crippen molar-refractivity contribution in [3.05, 3.63) is 28.2 Å². The standard InChI is InChI=1S/C20H28FN5O4S/c1-12-9-13-11-22-20(23-14-5-7-25(8-6-14)31(2,29)30)24-18(13)26(19(12)28)17-10-15(27)3-4-16(17)21/h9,11,14-17,27H,3-8,10H2,1-2H3,(H,22,23,24)/t15-,16+,17+/m1/s1/i1D3. The molecule has 0 bridgehead atoms. The number of sulfonamides is 1. The highest BCUT2D eigenvalue weighted by molar-refractivity contribution is 7.88. The van der Waals surface area contributed by atoms with Crippen molar-refractivity contribution < 1.29 is 22.0 Å². The third-order valence-electron chi connectivity index (χ3n) is 6.07. The van der Waals surface area contributed by atoms with Gasteiger partial charge in [0.1, 0.15) is 11.8 Å². The Morgan fingerprint density at radius 2 is 2.03 bits per heavy atom. The molecule has 1 saturated heterocycles. The van der Waals surface area contributed by atoms with Crippen LogP contribution in [0.25, 0.3) is 11.0 Å². The second kappa shape index (κ2) is 8.44. The van der Waals surface area contributed by atoms with Gasteiger partial charge in [0.15, 0.2) is 0 Å². The Morgan fingerprint density at radius 1 is 1.29 bits per heavy atom. The van der Waals surface area contributed by atoms with Crippen LogP contribution in [0.5, 0.6) is 0 Å². The summed E-state index contributed by atoms with van der Waals surface area (Å²) in [6.07, 6.45) is 1.63. The van der Waals surface area contributed by atoms with Crippen LogP contribution in [0.15, 0.2) is 17.1 Å². The topological polar surface area (TPSA) is 117 Å². The monoisotopic (exact) mass is 456 g/mol. The van der Waals surface area contributed by atoms with Gasteiger partial charge >= 0.3 is 0 Å². The molecule has 1 aliphatic carbocycles. The van der Waals surface area contributed by atoms with Crippen LogP contribution in [0.4, 0.5) is 10.3 Å². The summed E-state index contributed by atoms with van der Waals surface area (Å²) in [7, 11) is -3.27. The van der Waals surface area contributed by atoms with Crippen molar-refractivity contribution in [2.75, 3.05) is 24.7 Å². The second-order valence-electron chi connectivity index (χ2n) is 8.34. The molecule has 2 fully saturated rings. The van der Waals surface area contributed by atoms with Crippen LogP contribution in [0.1, 0.15) is 47.8 Å². The molecule has 0 radical (unpaired) electrons. The molecule has 9 nitrogen and oxygen atoms in total. The summed E-state index contributed by atoms with van der Waals surface area (Å²) in [4.78, 5) is 21.9. The highest BCUT2D eigenvalue weighted by atomic mass is 32.2. The van der Waals surface area contributed by atoms with Gasteiger partial charge in [-0.1, -0.05) is 0 Å². The Morgan fingerprint density at radius 3 is 2.71 bits per heavy atom. The third kappa shape index (κ3) is 4.58. The maximum atomic E-state index is 14.9. The molecule has 0 spiro atoms. The predicted octanol–water partition coefficient (Wildman–Crippen LogP) is 1.36. The smallest absolute Gasteiger partial charge is 0.255 e. The fourth-order valence-electron chi connectivity index (χ4n) is 4.37. The van der Waals surface area contributed by atoms with E-state index in [9.17, 15) is 22.7 Å². The largest absolute Gasteiger partial charge is 0.393 e. The molecule has 2 aromatic rings. The molecule has 0 amide bonds. The molecule has 4 rings (SSSR count). The maximum absolute atomic E-state index is 14.9. The lowest BCUT2D eigenvalue weighted by molar-refractivity contribution is 0.0555. The number of hydrogen-bond acceptors (Lipinski definition) is 7. The van der Waals surface area contributed by atoms with Crippen molar-refractivity contribution in [3.8, 4) is 0 Å². The highest BCUT2D eigenvalue weighted by Crippen LogP contribution is 2.32. The van der Waals surface area contributed by atoms with E-state index in [2.05, 4.69) is 15.3 Å². The number of pyridine rings is 1. The van der Waals surface area contributed by atoms with Crippen LogP contribution >= 0.6 is 0 Å². The minimum absolute atomic E-state index is 0.0304. The van der Waals surface area contributed by atoms with Crippen molar-refractivity contribution in [2.24, 2.45) is 0 Å². The first kappa shape index (κ1) is 18.5. The van der Waals surface area contributed by atoms with Gasteiger partial charge in [-0.3, -0.25) is 9.36 Å². The second-order valence-corrected chi connectivity index (χ2v) is 10.3. The fraction of sp³-hybridized carbons (Fsp3) is 0.650. The number of piperidine rings is 1. The maximum Gasteiger partial charge on any atom is 0.255 e. The number of aryl methyl sites for hydroxylation is 1. The molecule has 0 aromatic carbocycles. The minimum atomic E-state index is -3.27. The molecule has 11 heteroatoms. The summed E-state index contributed by atoms with van der Waals surface area (Å²) in [5, 5.41) is 13.5. The van der Waals surface area contributed by atoms with E-state index in [4.69, 9.17) is 4.11 Å². The number of hydrogen-bond donors (Lipinski definition) is 2. The Balaban J connectivity index is 1.72. The first-order valence-corrected chi connectivity index (χ1v) is 12.2. The summed E-state index contributed by atoms with van der Waals surface area (Å²) < 4.78 is 64.0. The minimum Gasteiger partial charge on any atom is -0.393 e. The summed E-state index contributed by atoms with van der Waals surface area (Å²) in [6.45, 7) is -2.02. The van der Waals surface area contributed by atoms with Gasteiger partial charge in [0.05, 0.1) is 18.4 Å². The van der Waals surface area contributed by atoms with Gasteiger partial charge < -0.3 is 10.4 Å². The first-order chi connectivity index (χ1) is 15.8. The van der Waals surface area contributed by atoms with Gasteiger partial charge in [-0.05, 0) is 45.0 Å². The highest BCUT2D eigenvalue weighted by Gasteiger charge is 2.33. The lowest BCUT2D eigenvalue weighted by Crippen LogP contribution is -2.42. The Hall–Kier alpha value is -2.11. The van der Waals surface area contributed by atoms with E-state index in [1.54, 1.807) is 0 Å². The van der Waals surface area contributed by atoms with Crippen LogP contribution in [0.2, 0.25) is 0 Å². The fourth-order valence-corrected chi connectivity index (χ4v) is 5.24. The molecule has 2 aromatic heterocycles. The van der Waals surface area contributed by atoms with E-state index < -0.39 is 46.3 Å². The van der Waals surface area contributed by atoms with Gasteiger partial charge in [-0.15, -0.1) is 0 Å². The first-order valence-electron chi connectivity index (χ1n) is 11.8. The van der Waals surface area contributed by atoms with Gasteiger partial charge in [0, 0.05) is 40.4 Å². The van der Waals surface area contributed by atoms with Crippen LogP contribution in [0, 0.1) is 6.85 Å². The molecule has 0 unspecified atom stereocenters. The van der Waals surface area contributed by atoms with Crippen LogP contribution in [-0.2, 0) is 10.0 Å². The molecule has 31 heavy (non-hydrogen) atoms. The van der Waals surface area contributed by atoms with E-state index in [0.717, 1.165) is 4.57 Å². The van der Waals surface area contributed by atoms with Crippen LogP contribution in [-0.4, -0.2) is 70.0 Å². The number of rotatable bonds is 4. The Labute approximate surface area is 184 Å². The summed E-state index contributed by atoms with van der Waals surface area (Å²) in [6, 6.07) is 0.0478. The Bertz CT molecular complexity index is 1230. The summed E-state index contributed by atoms with van der Waals surface area (Å²) in [5.41, 5.74) is -1.23.